The maximum Gasteiger partial charge on any atom is 0.405 e. The Hall–Kier alpha value is -0.370. The first-order valence-corrected chi connectivity index (χ1v) is 6.39. The molecule has 18 heavy (non-hydrogen) atoms. The van der Waals surface area contributed by atoms with E-state index in [4.69, 9.17) is 4.74 Å². The van der Waals surface area contributed by atoms with E-state index in [0.717, 1.165) is 13.1 Å². The van der Waals surface area contributed by atoms with Crippen molar-refractivity contribution in [2.24, 2.45) is 0 Å². The summed E-state index contributed by atoms with van der Waals surface area (Å²) in [6, 6.07) is -1.34. The fourth-order valence-electron chi connectivity index (χ4n) is 2.43. The van der Waals surface area contributed by atoms with Crippen LogP contribution in [0.3, 0.4) is 0 Å². The maximum absolute atomic E-state index is 12.8. The van der Waals surface area contributed by atoms with E-state index in [2.05, 4.69) is 10.2 Å². The van der Waals surface area contributed by atoms with Gasteiger partial charge in [-0.05, 0) is 0 Å². The highest BCUT2D eigenvalue weighted by Crippen LogP contribution is 2.25. The largest absolute Gasteiger partial charge is 0.405 e. The number of hydrogen-bond donors (Lipinski definition) is 1. The molecule has 0 aromatic carbocycles. The first kappa shape index (κ1) is 14.0. The van der Waals surface area contributed by atoms with Crippen molar-refractivity contribution in [1.82, 2.24) is 15.1 Å². The van der Waals surface area contributed by atoms with E-state index < -0.39 is 12.2 Å². The van der Waals surface area contributed by atoms with Crippen LogP contribution in [0.15, 0.2) is 0 Å². The molecule has 7 heteroatoms. The second-order valence-electron chi connectivity index (χ2n) is 4.75. The topological polar surface area (TPSA) is 27.7 Å². The molecule has 1 unspecified atom stereocenters. The van der Waals surface area contributed by atoms with Gasteiger partial charge >= 0.3 is 6.18 Å². The van der Waals surface area contributed by atoms with Crippen molar-refractivity contribution in [1.29, 1.82) is 0 Å². The molecule has 0 bridgehead atoms. The molecule has 106 valence electrons. The number of morpholine rings is 1. The van der Waals surface area contributed by atoms with Crippen molar-refractivity contribution in [3.63, 3.8) is 0 Å². The van der Waals surface area contributed by atoms with E-state index in [-0.39, 0.29) is 6.54 Å². The molecule has 1 atom stereocenters. The Morgan fingerprint density at radius 2 is 1.83 bits per heavy atom. The Kier molecular flexibility index (Phi) is 4.83. The Morgan fingerprint density at radius 3 is 2.50 bits per heavy atom. The highest BCUT2D eigenvalue weighted by Gasteiger charge is 2.44. The summed E-state index contributed by atoms with van der Waals surface area (Å²) in [5, 5.41) is 2.81. The van der Waals surface area contributed by atoms with Gasteiger partial charge in [-0.1, -0.05) is 0 Å². The van der Waals surface area contributed by atoms with Gasteiger partial charge in [0.2, 0.25) is 0 Å². The van der Waals surface area contributed by atoms with Crippen LogP contribution in [-0.4, -0.2) is 81.0 Å². The fraction of sp³-hybridized carbons (Fsp3) is 1.00. The van der Waals surface area contributed by atoms with E-state index >= 15 is 0 Å². The minimum Gasteiger partial charge on any atom is -0.379 e. The number of nitrogens with zero attached hydrogens (tertiary/aromatic N) is 2. The average molecular weight is 267 g/mol. The Bertz CT molecular complexity index is 256. The molecule has 4 nitrogen and oxygen atoms in total. The monoisotopic (exact) mass is 267 g/mol. The minimum atomic E-state index is -4.14. The van der Waals surface area contributed by atoms with Crippen LogP contribution in [0.1, 0.15) is 0 Å². The van der Waals surface area contributed by atoms with Crippen molar-refractivity contribution in [3.05, 3.63) is 0 Å². The summed E-state index contributed by atoms with van der Waals surface area (Å²) < 4.78 is 43.7. The van der Waals surface area contributed by atoms with Gasteiger partial charge in [-0.25, -0.2) is 0 Å². The smallest absolute Gasteiger partial charge is 0.379 e. The molecule has 0 radical (unpaired) electrons. The first-order valence-electron chi connectivity index (χ1n) is 6.39. The molecule has 1 N–H and O–H groups in total. The van der Waals surface area contributed by atoms with Crippen molar-refractivity contribution in [3.8, 4) is 0 Å². The summed E-state index contributed by atoms with van der Waals surface area (Å²) in [7, 11) is 0. The van der Waals surface area contributed by atoms with Crippen molar-refractivity contribution in [2.75, 3.05) is 59.0 Å². The number of nitrogens with one attached hydrogen (secondary N) is 1. The van der Waals surface area contributed by atoms with E-state index in [0.29, 0.717) is 39.4 Å². The molecule has 2 aliphatic rings. The second-order valence-corrected chi connectivity index (χ2v) is 4.75. The number of ether oxygens (including phenoxy) is 1. The quantitative estimate of drug-likeness (QED) is 0.788. The number of hydrogen-bond acceptors (Lipinski definition) is 4. The molecule has 2 fully saturated rings. The average Bonchev–Trinajstić information content (AvgIpc) is 2.37. The summed E-state index contributed by atoms with van der Waals surface area (Å²) in [5.41, 5.74) is 0. The zero-order valence-corrected chi connectivity index (χ0v) is 10.4. The zero-order chi connectivity index (χ0) is 13.0. The number of piperazine rings is 1. The highest BCUT2D eigenvalue weighted by atomic mass is 19.4. The van der Waals surface area contributed by atoms with Crippen LogP contribution >= 0.6 is 0 Å². The summed E-state index contributed by atoms with van der Waals surface area (Å²) in [6.07, 6.45) is -4.14. The molecule has 0 amide bonds. The number of halogens is 3. The van der Waals surface area contributed by atoms with Crippen LogP contribution in [0.2, 0.25) is 0 Å². The minimum absolute atomic E-state index is 0.00656. The van der Waals surface area contributed by atoms with Crippen LogP contribution < -0.4 is 5.32 Å². The molecule has 2 rings (SSSR count). The highest BCUT2D eigenvalue weighted by molar-refractivity contribution is 4.85. The van der Waals surface area contributed by atoms with Crippen LogP contribution in [0, 0.1) is 0 Å². The maximum atomic E-state index is 12.8. The van der Waals surface area contributed by atoms with Crippen LogP contribution in [0.25, 0.3) is 0 Å². The predicted octanol–water partition coefficient (Wildman–Crippen LogP) is 0.155. The van der Waals surface area contributed by atoms with Gasteiger partial charge in [0.15, 0.2) is 0 Å². The third kappa shape index (κ3) is 3.81. The van der Waals surface area contributed by atoms with E-state index in [1.807, 2.05) is 0 Å². The molecule has 2 aliphatic heterocycles. The first-order chi connectivity index (χ1) is 8.57. The molecule has 0 saturated carbocycles. The van der Waals surface area contributed by atoms with E-state index in [9.17, 15) is 13.2 Å². The summed E-state index contributed by atoms with van der Waals surface area (Å²) in [6.45, 7) is 5.29. The molecule has 2 heterocycles. The standard InChI is InChI=1S/C11H20F3N3O/c12-11(13,14)10-9-15-1-2-17(10)4-3-16-5-7-18-8-6-16/h10,15H,1-9H2. The van der Waals surface area contributed by atoms with Gasteiger partial charge < -0.3 is 10.1 Å². The summed E-state index contributed by atoms with van der Waals surface area (Å²) >= 11 is 0. The van der Waals surface area contributed by atoms with Crippen LogP contribution in [0.5, 0.6) is 0 Å². The second kappa shape index (κ2) is 6.18. The Balaban J connectivity index is 1.81. The molecular formula is C11H20F3N3O. The fourth-order valence-corrected chi connectivity index (χ4v) is 2.43. The summed E-state index contributed by atoms with van der Waals surface area (Å²) in [5.74, 6) is 0. The lowest BCUT2D eigenvalue weighted by Crippen LogP contribution is -2.59. The third-order valence-electron chi connectivity index (χ3n) is 3.54. The van der Waals surface area contributed by atoms with Gasteiger partial charge in [-0.15, -0.1) is 0 Å². The summed E-state index contributed by atoms with van der Waals surface area (Å²) in [4.78, 5) is 3.71. The molecule has 0 aromatic heterocycles. The lowest BCUT2D eigenvalue weighted by atomic mass is 10.2. The van der Waals surface area contributed by atoms with Crippen LogP contribution in [-0.2, 0) is 4.74 Å². The molecule has 2 saturated heterocycles. The van der Waals surface area contributed by atoms with Gasteiger partial charge in [0.1, 0.15) is 6.04 Å². The van der Waals surface area contributed by atoms with Gasteiger partial charge in [0.05, 0.1) is 13.2 Å². The Labute approximate surface area is 105 Å². The van der Waals surface area contributed by atoms with Gasteiger partial charge in [0.25, 0.3) is 0 Å². The van der Waals surface area contributed by atoms with Crippen molar-refractivity contribution >= 4 is 0 Å². The molecule has 0 aromatic rings. The van der Waals surface area contributed by atoms with E-state index in [1.54, 1.807) is 4.90 Å². The third-order valence-corrected chi connectivity index (χ3v) is 3.54. The SMILES string of the molecule is FC(F)(F)C1CNCCN1CCN1CCOCC1. The van der Waals surface area contributed by atoms with Gasteiger partial charge in [-0.2, -0.15) is 13.2 Å². The lowest BCUT2D eigenvalue weighted by Gasteiger charge is -2.38. The van der Waals surface area contributed by atoms with Crippen LogP contribution in [0.4, 0.5) is 13.2 Å². The lowest BCUT2D eigenvalue weighted by molar-refractivity contribution is -0.187. The van der Waals surface area contributed by atoms with Gasteiger partial charge in [-0.3, -0.25) is 9.80 Å². The normalized spacial score (nSPS) is 28.5. The molecular weight excluding hydrogens is 247 g/mol. The predicted molar refractivity (Wildman–Crippen MR) is 61.5 cm³/mol. The zero-order valence-electron chi connectivity index (χ0n) is 10.4. The molecule has 0 spiro atoms. The van der Waals surface area contributed by atoms with Crippen molar-refractivity contribution in [2.45, 2.75) is 12.2 Å². The molecule has 0 aliphatic carbocycles. The van der Waals surface area contributed by atoms with Crippen molar-refractivity contribution < 1.29 is 17.9 Å². The number of rotatable bonds is 3. The number of alkyl halides is 3. The van der Waals surface area contributed by atoms with Gasteiger partial charge in [0, 0.05) is 45.8 Å². The Morgan fingerprint density at radius 1 is 1.11 bits per heavy atom. The van der Waals surface area contributed by atoms with E-state index in [1.165, 1.54) is 0 Å².